The molecule has 0 saturated carbocycles. The third-order valence-electron chi connectivity index (χ3n) is 3.38. The molecular weight excluding hydrogens is 294 g/mol. The first-order valence-corrected chi connectivity index (χ1v) is 7.35. The quantitative estimate of drug-likeness (QED) is 0.734. The average molecular weight is 311 g/mol. The number of aliphatic hydroxyl groups is 1. The van der Waals surface area contributed by atoms with Crippen LogP contribution in [0.2, 0.25) is 0 Å². The van der Waals surface area contributed by atoms with Crippen LogP contribution in [-0.2, 0) is 6.61 Å². The number of ether oxygens (including phenoxy) is 1. The van der Waals surface area contributed by atoms with Crippen molar-refractivity contribution in [1.82, 2.24) is 5.32 Å². The number of carbonyl (C=O) groups is 1. The molecule has 1 amide bonds. The van der Waals surface area contributed by atoms with E-state index in [1.54, 1.807) is 12.1 Å². The van der Waals surface area contributed by atoms with Crippen molar-refractivity contribution in [2.75, 3.05) is 13.2 Å². The van der Waals surface area contributed by atoms with Crippen molar-refractivity contribution in [3.8, 4) is 5.75 Å². The predicted octanol–water partition coefficient (Wildman–Crippen LogP) is 2.73. The van der Waals surface area contributed by atoms with Crippen LogP contribution >= 0.6 is 0 Å². The van der Waals surface area contributed by atoms with E-state index in [9.17, 15) is 4.79 Å². The highest BCUT2D eigenvalue weighted by molar-refractivity contribution is 5.91. The van der Waals surface area contributed by atoms with E-state index in [4.69, 9.17) is 14.3 Å². The number of fused-ring (bicyclic) bond motifs is 1. The molecule has 2 aromatic carbocycles. The van der Waals surface area contributed by atoms with Crippen molar-refractivity contribution in [3.05, 3.63) is 66.1 Å². The second kappa shape index (κ2) is 6.98. The molecule has 0 unspecified atom stereocenters. The lowest BCUT2D eigenvalue weighted by Crippen LogP contribution is -2.25. The summed E-state index contributed by atoms with van der Waals surface area (Å²) in [7, 11) is 0. The fourth-order valence-corrected chi connectivity index (χ4v) is 2.25. The lowest BCUT2D eigenvalue weighted by atomic mass is 10.1. The number of rotatable bonds is 6. The van der Waals surface area contributed by atoms with Gasteiger partial charge in [0.1, 0.15) is 18.1 Å². The molecule has 118 valence electrons. The van der Waals surface area contributed by atoms with E-state index >= 15 is 0 Å². The van der Waals surface area contributed by atoms with Crippen molar-refractivity contribution in [2.45, 2.75) is 6.61 Å². The summed E-state index contributed by atoms with van der Waals surface area (Å²) >= 11 is 0. The first-order valence-electron chi connectivity index (χ1n) is 7.35. The zero-order chi connectivity index (χ0) is 16.1. The minimum atomic E-state index is -0.351. The van der Waals surface area contributed by atoms with Gasteiger partial charge in [0.05, 0.1) is 6.61 Å². The number of aliphatic hydroxyl groups excluding tert-OH is 1. The lowest BCUT2D eigenvalue weighted by molar-refractivity contribution is 0.0913. The Balaban J connectivity index is 1.63. The lowest BCUT2D eigenvalue weighted by Gasteiger charge is -2.06. The molecule has 5 nitrogen and oxygen atoms in total. The summed E-state index contributed by atoms with van der Waals surface area (Å²) in [5, 5.41) is 13.5. The number of carbonyl (C=O) groups excluding carboxylic acids is 1. The number of nitrogens with one attached hydrogen (secondary N) is 1. The number of amides is 1. The van der Waals surface area contributed by atoms with Crippen LogP contribution in [0.15, 0.2) is 59.0 Å². The summed E-state index contributed by atoms with van der Waals surface area (Å²) in [6, 6.07) is 17.2. The van der Waals surface area contributed by atoms with Crippen molar-refractivity contribution >= 4 is 16.7 Å². The predicted molar refractivity (Wildman–Crippen MR) is 86.4 cm³/mol. The summed E-state index contributed by atoms with van der Waals surface area (Å²) < 4.78 is 11.1. The normalized spacial score (nSPS) is 10.7. The van der Waals surface area contributed by atoms with E-state index in [0.29, 0.717) is 5.76 Å². The van der Waals surface area contributed by atoms with Crippen molar-refractivity contribution in [3.63, 3.8) is 0 Å². The van der Waals surface area contributed by atoms with Crippen LogP contribution in [0.5, 0.6) is 5.75 Å². The SMILES string of the molecule is O=C(NCCO)c1ccc(COc2ccc3ccccc3c2)o1. The Hall–Kier alpha value is -2.79. The molecule has 0 aliphatic heterocycles. The standard InChI is InChI=1S/C18H17NO4/c20-10-9-19-18(21)17-8-7-16(23-17)12-22-15-6-5-13-3-1-2-4-14(13)11-15/h1-8,11,20H,9-10,12H2,(H,19,21). The van der Waals surface area contributed by atoms with Gasteiger partial charge in [0.15, 0.2) is 5.76 Å². The van der Waals surface area contributed by atoms with Gasteiger partial charge in [-0.1, -0.05) is 30.3 Å². The van der Waals surface area contributed by atoms with Gasteiger partial charge < -0.3 is 19.6 Å². The summed E-state index contributed by atoms with van der Waals surface area (Å²) in [6.45, 7) is 0.332. The minimum absolute atomic E-state index is 0.107. The van der Waals surface area contributed by atoms with Crippen LogP contribution in [0, 0.1) is 0 Å². The highest BCUT2D eigenvalue weighted by Crippen LogP contribution is 2.21. The molecule has 0 spiro atoms. The zero-order valence-corrected chi connectivity index (χ0v) is 12.5. The van der Waals surface area contributed by atoms with E-state index in [1.807, 2.05) is 42.5 Å². The maximum absolute atomic E-state index is 11.7. The topological polar surface area (TPSA) is 71.7 Å². The minimum Gasteiger partial charge on any atom is -0.486 e. The van der Waals surface area contributed by atoms with Gasteiger partial charge >= 0.3 is 0 Å². The Morgan fingerprint density at radius 1 is 1.09 bits per heavy atom. The van der Waals surface area contributed by atoms with Gasteiger partial charge in [-0.25, -0.2) is 0 Å². The molecule has 3 aromatic rings. The number of hydrogen-bond acceptors (Lipinski definition) is 4. The smallest absolute Gasteiger partial charge is 0.287 e. The zero-order valence-electron chi connectivity index (χ0n) is 12.5. The van der Waals surface area contributed by atoms with E-state index in [2.05, 4.69) is 5.32 Å². The van der Waals surface area contributed by atoms with Crippen molar-refractivity contribution in [1.29, 1.82) is 0 Å². The molecule has 0 radical (unpaired) electrons. The molecule has 0 atom stereocenters. The maximum Gasteiger partial charge on any atom is 0.287 e. The molecule has 23 heavy (non-hydrogen) atoms. The third kappa shape index (κ3) is 3.70. The molecule has 0 fully saturated rings. The Bertz CT molecular complexity index is 809. The van der Waals surface area contributed by atoms with Crippen LogP contribution in [0.4, 0.5) is 0 Å². The monoisotopic (exact) mass is 311 g/mol. The average Bonchev–Trinajstić information content (AvgIpc) is 3.07. The molecule has 3 rings (SSSR count). The van der Waals surface area contributed by atoms with Gasteiger partial charge in [-0.05, 0) is 35.0 Å². The van der Waals surface area contributed by atoms with Crippen LogP contribution in [0.1, 0.15) is 16.3 Å². The molecule has 0 bridgehead atoms. The summed E-state index contributed by atoms with van der Waals surface area (Å²) in [4.78, 5) is 11.7. The van der Waals surface area contributed by atoms with E-state index in [-0.39, 0.29) is 31.4 Å². The van der Waals surface area contributed by atoms with Gasteiger partial charge in [0.25, 0.3) is 5.91 Å². The van der Waals surface area contributed by atoms with Crippen LogP contribution in [0.25, 0.3) is 10.8 Å². The van der Waals surface area contributed by atoms with Gasteiger partial charge in [0, 0.05) is 6.54 Å². The van der Waals surface area contributed by atoms with Gasteiger partial charge in [-0.2, -0.15) is 0 Å². The number of benzene rings is 2. The fraction of sp³-hybridized carbons (Fsp3) is 0.167. The van der Waals surface area contributed by atoms with Crippen molar-refractivity contribution in [2.24, 2.45) is 0 Å². The molecule has 0 aliphatic rings. The second-order valence-electron chi connectivity index (χ2n) is 5.04. The molecule has 5 heteroatoms. The number of hydrogen-bond donors (Lipinski definition) is 2. The molecule has 1 aromatic heterocycles. The number of furan rings is 1. The Labute approximate surface area is 133 Å². The van der Waals surface area contributed by atoms with Crippen LogP contribution < -0.4 is 10.1 Å². The van der Waals surface area contributed by atoms with Crippen LogP contribution in [-0.4, -0.2) is 24.2 Å². The summed E-state index contributed by atoms with van der Waals surface area (Å²) in [5.41, 5.74) is 0. The molecule has 2 N–H and O–H groups in total. The fourth-order valence-electron chi connectivity index (χ4n) is 2.25. The second-order valence-corrected chi connectivity index (χ2v) is 5.04. The first-order chi connectivity index (χ1) is 11.3. The molecule has 0 saturated heterocycles. The van der Waals surface area contributed by atoms with Crippen LogP contribution in [0.3, 0.4) is 0 Å². The first kappa shape index (κ1) is 15.1. The Kier molecular flexibility index (Phi) is 4.59. The molecule has 1 heterocycles. The molecule has 0 aliphatic carbocycles. The van der Waals surface area contributed by atoms with Gasteiger partial charge in [-0.3, -0.25) is 4.79 Å². The Morgan fingerprint density at radius 3 is 2.74 bits per heavy atom. The van der Waals surface area contributed by atoms with E-state index < -0.39 is 0 Å². The highest BCUT2D eigenvalue weighted by Gasteiger charge is 2.10. The highest BCUT2D eigenvalue weighted by atomic mass is 16.5. The van der Waals surface area contributed by atoms with Crippen molar-refractivity contribution < 1.29 is 19.1 Å². The Morgan fingerprint density at radius 2 is 1.91 bits per heavy atom. The summed E-state index contributed by atoms with van der Waals surface area (Å²) in [5.74, 6) is 1.16. The van der Waals surface area contributed by atoms with E-state index in [1.165, 1.54) is 0 Å². The van der Waals surface area contributed by atoms with Gasteiger partial charge in [0.2, 0.25) is 0 Å². The third-order valence-corrected chi connectivity index (χ3v) is 3.38. The van der Waals surface area contributed by atoms with E-state index in [0.717, 1.165) is 16.5 Å². The maximum atomic E-state index is 11.7. The largest absolute Gasteiger partial charge is 0.486 e. The van der Waals surface area contributed by atoms with Gasteiger partial charge in [-0.15, -0.1) is 0 Å². The molecular formula is C18H17NO4. The summed E-state index contributed by atoms with van der Waals surface area (Å²) in [6.07, 6.45) is 0.